The molecule has 20 N–H and O–H groups in total. The molecule has 5 rings (SSSR count). The molecule has 0 bridgehead atoms. The first kappa shape index (κ1) is 76.6. The van der Waals surface area contributed by atoms with Gasteiger partial charge < -0.3 is 95.0 Å². The largest absolute Gasteiger partial charge is 0.508 e. The van der Waals surface area contributed by atoms with Crippen molar-refractivity contribution in [3.8, 4) is 5.75 Å². The number of imidazole rings is 1. The van der Waals surface area contributed by atoms with E-state index in [0.29, 0.717) is 28.5 Å². The number of phenolic OH excluding ortho intramolecular Hbond substituents is 1. The van der Waals surface area contributed by atoms with Gasteiger partial charge in [0.05, 0.1) is 12.4 Å². The van der Waals surface area contributed by atoms with E-state index in [1.165, 1.54) is 43.7 Å². The van der Waals surface area contributed by atoms with Gasteiger partial charge in [-0.2, -0.15) is 0 Å². The van der Waals surface area contributed by atoms with Gasteiger partial charge in [-0.3, -0.25) is 57.7 Å². The second kappa shape index (κ2) is 37.1. The van der Waals surface area contributed by atoms with Gasteiger partial charge in [0.15, 0.2) is 5.96 Å². The van der Waals surface area contributed by atoms with Crippen molar-refractivity contribution in [1.29, 1.82) is 0 Å². The predicted molar refractivity (Wildman–Crippen MR) is 349 cm³/mol. The van der Waals surface area contributed by atoms with Crippen molar-refractivity contribution >= 4 is 87.9 Å². The fourth-order valence-corrected chi connectivity index (χ4v) is 10.6. The van der Waals surface area contributed by atoms with Gasteiger partial charge in [0.25, 0.3) is 0 Å². The maximum atomic E-state index is 14.6. The van der Waals surface area contributed by atoms with Crippen molar-refractivity contribution in [1.82, 2.24) is 68.1 Å². The Bertz CT molecular complexity index is 3370. The van der Waals surface area contributed by atoms with Gasteiger partial charge >= 0.3 is 11.9 Å². The molecule has 1 fully saturated rings. The van der Waals surface area contributed by atoms with Crippen molar-refractivity contribution in [2.24, 2.45) is 34.2 Å². The van der Waals surface area contributed by atoms with E-state index in [4.69, 9.17) is 11.5 Å². The van der Waals surface area contributed by atoms with Crippen LogP contribution in [0.2, 0.25) is 0 Å². The van der Waals surface area contributed by atoms with Crippen LogP contribution in [-0.2, 0) is 76.8 Å². The fraction of sp³-hybridized carbons (Fsp3) is 0.531. The number of amides is 10. The van der Waals surface area contributed by atoms with Gasteiger partial charge in [-0.1, -0.05) is 78.3 Å². The Morgan fingerprint density at radius 3 is 1.73 bits per heavy atom. The number of aromatic amines is 2. The van der Waals surface area contributed by atoms with Crippen LogP contribution in [0, 0.1) is 17.8 Å². The molecular formula is C64H92N16O16. The topological polar surface area (TPSA) is 515 Å². The number of hydrogen-bond acceptors (Lipinski definition) is 16. The molecule has 32 heteroatoms. The molecule has 32 nitrogen and oxygen atoms in total. The number of benzene rings is 2. The van der Waals surface area contributed by atoms with Crippen molar-refractivity contribution < 1.29 is 78.0 Å². The Kier molecular flexibility index (Phi) is 29.6. The summed E-state index contributed by atoms with van der Waals surface area (Å²) in [7, 11) is 0. The van der Waals surface area contributed by atoms with E-state index in [-0.39, 0.29) is 99.5 Å². The minimum absolute atomic E-state index is 0.0137. The molecule has 0 spiro atoms. The van der Waals surface area contributed by atoms with Crippen molar-refractivity contribution in [2.45, 2.75) is 192 Å². The average molecular weight is 1340 g/mol. The summed E-state index contributed by atoms with van der Waals surface area (Å²) in [4.78, 5) is 179. The molecule has 2 aromatic heterocycles. The molecule has 2 aromatic carbocycles. The van der Waals surface area contributed by atoms with Crippen LogP contribution in [0.15, 0.2) is 72.2 Å². The monoisotopic (exact) mass is 1340 g/mol. The lowest BCUT2D eigenvalue weighted by atomic mass is 9.96. The number of nitrogens with zero attached hydrogens (tertiary/aromatic N) is 2. The van der Waals surface area contributed by atoms with Gasteiger partial charge in [0.1, 0.15) is 66.2 Å². The van der Waals surface area contributed by atoms with E-state index in [9.17, 15) is 78.0 Å². The van der Waals surface area contributed by atoms with Crippen LogP contribution >= 0.6 is 0 Å². The predicted octanol–water partition coefficient (Wildman–Crippen LogP) is -1.21. The number of carbonyl (C=O) groups is 12. The van der Waals surface area contributed by atoms with E-state index in [2.05, 4.69) is 73.1 Å². The van der Waals surface area contributed by atoms with E-state index in [0.717, 1.165) is 0 Å². The molecule has 524 valence electrons. The summed E-state index contributed by atoms with van der Waals surface area (Å²) in [5, 5.41) is 67.6. The van der Waals surface area contributed by atoms with E-state index >= 15 is 0 Å². The molecule has 0 saturated carbocycles. The number of para-hydroxylation sites is 1. The quantitative estimate of drug-likeness (QED) is 0.0142. The minimum Gasteiger partial charge on any atom is -0.508 e. The number of aliphatic imine (C=N–C) groups is 1. The molecule has 0 aliphatic carbocycles. The van der Waals surface area contributed by atoms with E-state index in [1.54, 1.807) is 58.2 Å². The summed E-state index contributed by atoms with van der Waals surface area (Å²) in [6.45, 7) is 11.7. The number of aliphatic hydroxyl groups excluding tert-OH is 1. The third kappa shape index (κ3) is 24.3. The number of nitrogens with two attached hydrogens (primary N) is 2. The molecule has 1 aliphatic heterocycles. The highest BCUT2D eigenvalue weighted by molar-refractivity contribution is 6.00. The number of phenols is 1. The molecule has 12 atom stereocenters. The molecule has 0 radical (unpaired) electrons. The number of carboxylic acid groups (broad SMARTS) is 2. The van der Waals surface area contributed by atoms with E-state index in [1.807, 2.05) is 13.8 Å². The average Bonchev–Trinajstić information content (AvgIpc) is 1.68. The third-order valence-corrected chi connectivity index (χ3v) is 16.0. The summed E-state index contributed by atoms with van der Waals surface area (Å²) in [6.07, 6.45) is 1.19. The minimum atomic E-state index is -1.82. The van der Waals surface area contributed by atoms with Crippen LogP contribution in [0.1, 0.15) is 123 Å². The molecular weight excluding hydrogens is 1250 g/mol. The lowest BCUT2D eigenvalue weighted by Gasteiger charge is -2.30. The lowest BCUT2D eigenvalue weighted by molar-refractivity contribution is -0.142. The molecule has 10 amide bonds. The fourth-order valence-electron chi connectivity index (χ4n) is 10.6. The lowest BCUT2D eigenvalue weighted by Crippen LogP contribution is -2.62. The highest BCUT2D eigenvalue weighted by atomic mass is 16.4. The second-order valence-electron chi connectivity index (χ2n) is 24.9. The van der Waals surface area contributed by atoms with Gasteiger partial charge in [-0.15, -0.1) is 0 Å². The molecule has 1 aliphatic rings. The number of H-pyrrole nitrogens is 2. The molecule has 4 aromatic rings. The number of carboxylic acids is 2. The number of aromatic nitrogens is 3. The number of fused-ring (bicyclic) bond motifs is 1. The van der Waals surface area contributed by atoms with Gasteiger partial charge in [0.2, 0.25) is 59.1 Å². The Morgan fingerprint density at radius 1 is 0.625 bits per heavy atom. The standard InChI is InChI=1S/C64H92N16O16/c1-8-34(6)52(79-60(92)46(25-33(4)5)74-54(86)43-19-21-50(83)71-43)61(93)73-42(14-11-23-68-64(65)66)56(88)80-53(35(7)81)62(94)77-45(24-32(2)3)57(89)76-48(28-38-30-67-31-70-38)59(91)72-44(20-22-51(84)85)55(87)75-47(27-37-29-69-41-13-10-9-12-40(37)41)58(90)78-49(63(95)96)26-36-15-17-39(82)18-16-36/h9-10,12-13,15-18,29-35,42-49,52-53,69,81-82H,8,11,14,19-28H2,1-7H3,(H,67,70)(H,71,83)(H,72,91)(H,73,93)(H,74,86)(H,75,87)(H,76,89)(H,77,94)(H,78,90)(H,79,92)(H,80,88)(H,84,85)(H,95,96)(H4,65,66,68)/t34-,35+,42-,43-,44-,45-,46-,47-,48-,49-,52-,53-/m0/s1. The van der Waals surface area contributed by atoms with Crippen LogP contribution < -0.4 is 64.6 Å². The SMILES string of the molecule is CC[C@H](C)[C@H](NC(=O)[C@H](CC(C)C)NC(=O)[C@@H]1CCC(=O)N1)C(=O)N[C@@H](CCCN=C(N)N)C(=O)N[C@H](C(=O)N[C@@H](CC(C)C)C(=O)N[C@@H](Cc1cnc[nH]1)C(=O)N[C@@H](CCC(=O)O)C(=O)N[C@@H](Cc1c[nH]c2ccccc12)C(=O)N[C@@H](Cc1ccc(O)cc1)C(=O)O)[C@@H](C)O. The first-order valence-corrected chi connectivity index (χ1v) is 31.9. The highest BCUT2D eigenvalue weighted by Gasteiger charge is 2.39. The number of hydrogen-bond donors (Lipinski definition) is 18. The molecule has 1 saturated heterocycles. The maximum absolute atomic E-state index is 14.6. The van der Waals surface area contributed by atoms with Crippen LogP contribution in [-0.4, -0.2) is 185 Å². The summed E-state index contributed by atoms with van der Waals surface area (Å²) in [6, 6.07) is -1.87. The summed E-state index contributed by atoms with van der Waals surface area (Å²) >= 11 is 0. The number of carbonyl (C=O) groups excluding carboxylic acids is 10. The highest BCUT2D eigenvalue weighted by Crippen LogP contribution is 2.21. The number of aliphatic hydroxyl groups is 1. The number of aliphatic carboxylic acids is 2. The Balaban J connectivity index is 1.38. The van der Waals surface area contributed by atoms with Gasteiger partial charge in [-0.25, -0.2) is 9.78 Å². The first-order valence-electron chi connectivity index (χ1n) is 31.9. The summed E-state index contributed by atoms with van der Waals surface area (Å²) in [5.41, 5.74) is 13.0. The smallest absolute Gasteiger partial charge is 0.326 e. The molecule has 96 heavy (non-hydrogen) atoms. The van der Waals surface area contributed by atoms with Crippen molar-refractivity contribution in [3.63, 3.8) is 0 Å². The van der Waals surface area contributed by atoms with Crippen LogP contribution in [0.25, 0.3) is 10.9 Å². The molecule has 0 unspecified atom stereocenters. The number of guanidine groups is 1. The van der Waals surface area contributed by atoms with Crippen molar-refractivity contribution in [2.75, 3.05) is 6.54 Å². The van der Waals surface area contributed by atoms with Crippen LogP contribution in [0.5, 0.6) is 5.75 Å². The number of nitrogens with one attached hydrogen (secondary N) is 12. The molecule has 3 heterocycles. The number of aromatic hydroxyl groups is 1. The van der Waals surface area contributed by atoms with E-state index < -0.39 is 150 Å². The van der Waals surface area contributed by atoms with Crippen LogP contribution in [0.3, 0.4) is 0 Å². The normalized spacial score (nSPS) is 16.3. The Labute approximate surface area is 554 Å². The second-order valence-corrected chi connectivity index (χ2v) is 24.9. The first-order chi connectivity index (χ1) is 45.4. The zero-order valence-electron chi connectivity index (χ0n) is 54.9. The van der Waals surface area contributed by atoms with Gasteiger partial charge in [0, 0.05) is 67.6 Å². The zero-order valence-corrected chi connectivity index (χ0v) is 54.9. The van der Waals surface area contributed by atoms with Crippen LogP contribution in [0.4, 0.5) is 0 Å². The summed E-state index contributed by atoms with van der Waals surface area (Å²) < 4.78 is 0. The third-order valence-electron chi connectivity index (χ3n) is 16.0. The zero-order chi connectivity index (χ0) is 70.9. The van der Waals surface area contributed by atoms with Crippen molar-refractivity contribution in [3.05, 3.63) is 84.1 Å². The number of rotatable bonds is 39. The summed E-state index contributed by atoms with van der Waals surface area (Å²) in [5.74, 6) is -12.7. The van der Waals surface area contributed by atoms with Gasteiger partial charge in [-0.05, 0) is 92.5 Å². The Morgan fingerprint density at radius 2 is 1.16 bits per heavy atom. The Hall–Kier alpha value is -10.1. The maximum Gasteiger partial charge on any atom is 0.326 e.